The summed E-state index contributed by atoms with van der Waals surface area (Å²) < 4.78 is 22.9. The zero-order chi connectivity index (χ0) is 16.7. The number of anilines is 1. The third kappa shape index (κ3) is 5.10. The molecule has 0 fully saturated rings. The fourth-order valence-corrected chi connectivity index (χ4v) is 1.80. The van der Waals surface area contributed by atoms with Crippen LogP contribution in [-0.2, 0) is 9.53 Å². The maximum Gasteiger partial charge on any atom is 0.338 e. The number of halogens is 1. The molecule has 23 heavy (non-hydrogen) atoms. The number of hydrogen-bond acceptors (Lipinski definition) is 4. The molecule has 0 unspecified atom stereocenters. The first-order chi connectivity index (χ1) is 11.1. The van der Waals surface area contributed by atoms with E-state index in [-0.39, 0.29) is 0 Å². The van der Waals surface area contributed by atoms with E-state index in [1.165, 1.54) is 24.3 Å². The molecule has 5 nitrogen and oxygen atoms in total. The van der Waals surface area contributed by atoms with Gasteiger partial charge in [-0.15, -0.1) is 0 Å². The summed E-state index contributed by atoms with van der Waals surface area (Å²) in [6, 6.07) is 11.7. The summed E-state index contributed by atoms with van der Waals surface area (Å²) >= 11 is 0. The summed E-state index contributed by atoms with van der Waals surface area (Å²) in [5, 5.41) is 2.50. The largest absolute Gasteiger partial charge is 0.494 e. The van der Waals surface area contributed by atoms with Crippen LogP contribution >= 0.6 is 0 Å². The van der Waals surface area contributed by atoms with Crippen molar-refractivity contribution in [1.29, 1.82) is 0 Å². The molecule has 0 radical (unpaired) electrons. The summed E-state index contributed by atoms with van der Waals surface area (Å²) in [6.07, 6.45) is 0. The number of nitrogens with one attached hydrogen (secondary N) is 1. The smallest absolute Gasteiger partial charge is 0.338 e. The second-order valence-electron chi connectivity index (χ2n) is 4.59. The molecule has 0 atom stereocenters. The molecule has 0 aliphatic heterocycles. The molecule has 0 bridgehead atoms. The SMILES string of the molecule is CCOc1ccc(C(=O)OCC(=O)Nc2ccc(F)cc2)cc1. The lowest BCUT2D eigenvalue weighted by molar-refractivity contribution is -0.119. The minimum Gasteiger partial charge on any atom is -0.494 e. The second kappa shape index (κ2) is 7.93. The molecule has 2 aromatic carbocycles. The minimum atomic E-state index is -0.609. The Hall–Kier alpha value is -2.89. The van der Waals surface area contributed by atoms with E-state index in [1.807, 2.05) is 6.92 Å². The van der Waals surface area contributed by atoms with E-state index in [1.54, 1.807) is 24.3 Å². The Morgan fingerprint density at radius 1 is 1.04 bits per heavy atom. The van der Waals surface area contributed by atoms with Gasteiger partial charge in [-0.05, 0) is 55.5 Å². The molecule has 1 amide bonds. The van der Waals surface area contributed by atoms with Gasteiger partial charge in [0.1, 0.15) is 11.6 Å². The molecule has 2 aromatic rings. The zero-order valence-corrected chi connectivity index (χ0v) is 12.5. The predicted molar refractivity (Wildman–Crippen MR) is 82.9 cm³/mol. The molecule has 0 spiro atoms. The van der Waals surface area contributed by atoms with Gasteiger partial charge in [0.25, 0.3) is 5.91 Å². The van der Waals surface area contributed by atoms with Crippen molar-refractivity contribution < 1.29 is 23.5 Å². The average molecular weight is 317 g/mol. The lowest BCUT2D eigenvalue weighted by Gasteiger charge is -2.07. The first-order valence-corrected chi connectivity index (χ1v) is 7.04. The van der Waals surface area contributed by atoms with Gasteiger partial charge >= 0.3 is 5.97 Å². The Morgan fingerprint density at radius 2 is 1.70 bits per heavy atom. The first kappa shape index (κ1) is 16.5. The Morgan fingerprint density at radius 3 is 2.30 bits per heavy atom. The fraction of sp³-hybridized carbons (Fsp3) is 0.176. The molecule has 0 saturated heterocycles. The quantitative estimate of drug-likeness (QED) is 0.832. The van der Waals surface area contributed by atoms with Crippen LogP contribution in [0.25, 0.3) is 0 Å². The van der Waals surface area contributed by atoms with Crippen LogP contribution < -0.4 is 10.1 Å². The van der Waals surface area contributed by atoms with Gasteiger partial charge in [-0.2, -0.15) is 0 Å². The number of rotatable bonds is 6. The van der Waals surface area contributed by atoms with E-state index in [0.717, 1.165) is 0 Å². The van der Waals surface area contributed by atoms with Crippen molar-refractivity contribution in [3.05, 3.63) is 59.9 Å². The maximum atomic E-state index is 12.8. The molecule has 0 heterocycles. The van der Waals surface area contributed by atoms with Gasteiger partial charge < -0.3 is 14.8 Å². The molecule has 0 saturated carbocycles. The van der Waals surface area contributed by atoms with Gasteiger partial charge in [-0.25, -0.2) is 9.18 Å². The van der Waals surface area contributed by atoms with Gasteiger partial charge in [0.05, 0.1) is 12.2 Å². The number of carbonyl (C=O) groups is 2. The number of hydrogen-bond donors (Lipinski definition) is 1. The number of carbonyl (C=O) groups excluding carboxylic acids is 2. The standard InChI is InChI=1S/C17H16FNO4/c1-2-22-15-9-3-12(4-10-15)17(21)23-11-16(20)19-14-7-5-13(18)6-8-14/h3-10H,2,11H2,1H3,(H,19,20). The van der Waals surface area contributed by atoms with Gasteiger partial charge in [0.15, 0.2) is 6.61 Å². The Bertz CT molecular complexity index is 668. The van der Waals surface area contributed by atoms with Crippen molar-refractivity contribution in [3.63, 3.8) is 0 Å². The van der Waals surface area contributed by atoms with Crippen molar-refractivity contribution in [2.24, 2.45) is 0 Å². The third-order valence-corrected chi connectivity index (χ3v) is 2.86. The highest BCUT2D eigenvalue weighted by molar-refractivity contribution is 5.95. The van der Waals surface area contributed by atoms with Crippen LogP contribution in [0.5, 0.6) is 5.75 Å². The Labute approximate surface area is 133 Å². The summed E-state index contributed by atoms with van der Waals surface area (Å²) in [5.74, 6) is -0.860. The number of ether oxygens (including phenoxy) is 2. The Balaban J connectivity index is 1.83. The molecule has 0 aliphatic rings. The van der Waals surface area contributed by atoms with Crippen LogP contribution in [-0.4, -0.2) is 25.1 Å². The van der Waals surface area contributed by atoms with Gasteiger partial charge in [0, 0.05) is 5.69 Å². The van der Waals surface area contributed by atoms with Crippen LogP contribution in [0.3, 0.4) is 0 Å². The van der Waals surface area contributed by atoms with Crippen LogP contribution in [0.2, 0.25) is 0 Å². The van der Waals surface area contributed by atoms with Crippen molar-refractivity contribution >= 4 is 17.6 Å². The normalized spacial score (nSPS) is 10.0. The monoisotopic (exact) mass is 317 g/mol. The van der Waals surface area contributed by atoms with Crippen molar-refractivity contribution in [2.75, 3.05) is 18.5 Å². The van der Waals surface area contributed by atoms with Crippen LogP contribution in [0.15, 0.2) is 48.5 Å². The minimum absolute atomic E-state index is 0.322. The Kier molecular flexibility index (Phi) is 5.68. The maximum absolute atomic E-state index is 12.8. The molecule has 120 valence electrons. The van der Waals surface area contributed by atoms with E-state index in [2.05, 4.69) is 5.32 Å². The van der Waals surface area contributed by atoms with E-state index >= 15 is 0 Å². The van der Waals surface area contributed by atoms with Crippen molar-refractivity contribution in [1.82, 2.24) is 0 Å². The number of amides is 1. The second-order valence-corrected chi connectivity index (χ2v) is 4.59. The highest BCUT2D eigenvalue weighted by Crippen LogP contribution is 2.13. The average Bonchev–Trinajstić information content (AvgIpc) is 2.56. The highest BCUT2D eigenvalue weighted by atomic mass is 19.1. The molecule has 1 N–H and O–H groups in total. The molecule has 0 aromatic heterocycles. The van der Waals surface area contributed by atoms with E-state index in [0.29, 0.717) is 23.6 Å². The topological polar surface area (TPSA) is 64.6 Å². The zero-order valence-electron chi connectivity index (χ0n) is 12.5. The van der Waals surface area contributed by atoms with Crippen LogP contribution in [0.4, 0.5) is 10.1 Å². The van der Waals surface area contributed by atoms with E-state index < -0.39 is 24.3 Å². The molecule has 6 heteroatoms. The molecular weight excluding hydrogens is 301 g/mol. The predicted octanol–water partition coefficient (Wildman–Crippen LogP) is 3.02. The lowest BCUT2D eigenvalue weighted by Crippen LogP contribution is -2.20. The number of benzene rings is 2. The molecular formula is C17H16FNO4. The van der Waals surface area contributed by atoms with Crippen LogP contribution in [0, 0.1) is 5.82 Å². The summed E-state index contributed by atoms with van der Waals surface area (Å²) in [7, 11) is 0. The summed E-state index contributed by atoms with van der Waals surface area (Å²) in [6.45, 7) is 1.97. The van der Waals surface area contributed by atoms with Gasteiger partial charge in [-0.3, -0.25) is 4.79 Å². The van der Waals surface area contributed by atoms with Gasteiger partial charge in [0.2, 0.25) is 0 Å². The third-order valence-electron chi connectivity index (χ3n) is 2.86. The molecule has 0 aliphatic carbocycles. The summed E-state index contributed by atoms with van der Waals surface area (Å²) in [5.41, 5.74) is 0.747. The summed E-state index contributed by atoms with van der Waals surface area (Å²) in [4.78, 5) is 23.5. The lowest BCUT2D eigenvalue weighted by atomic mass is 10.2. The highest BCUT2D eigenvalue weighted by Gasteiger charge is 2.10. The number of esters is 1. The van der Waals surface area contributed by atoms with Crippen LogP contribution in [0.1, 0.15) is 17.3 Å². The van der Waals surface area contributed by atoms with E-state index in [9.17, 15) is 14.0 Å². The van der Waals surface area contributed by atoms with Gasteiger partial charge in [-0.1, -0.05) is 0 Å². The first-order valence-electron chi connectivity index (χ1n) is 7.04. The molecule has 2 rings (SSSR count). The van der Waals surface area contributed by atoms with Crippen molar-refractivity contribution in [2.45, 2.75) is 6.92 Å². The van der Waals surface area contributed by atoms with E-state index in [4.69, 9.17) is 9.47 Å². The van der Waals surface area contributed by atoms with Crippen molar-refractivity contribution in [3.8, 4) is 5.75 Å². The fourth-order valence-electron chi connectivity index (χ4n) is 1.80.